The summed E-state index contributed by atoms with van der Waals surface area (Å²) in [4.78, 5) is 11.3. The molecule has 69 valence electrons. The fourth-order valence-electron chi connectivity index (χ4n) is 0.577. The molecule has 0 bridgehead atoms. The molecule has 0 rings (SSSR count). The first-order chi connectivity index (χ1) is 5.54. The first-order valence-corrected chi connectivity index (χ1v) is 5.07. The highest BCUT2D eigenvalue weighted by Gasteiger charge is 2.26. The second-order valence-electron chi connectivity index (χ2n) is 3.48. The summed E-state index contributed by atoms with van der Waals surface area (Å²) < 4.78 is 5.07. The normalized spacial score (nSPS) is 11.3. The van der Waals surface area contributed by atoms with E-state index in [1.54, 1.807) is 0 Å². The van der Waals surface area contributed by atoms with Crippen LogP contribution in [-0.2, 0) is 9.53 Å². The molecular weight excluding hydrogens is 168 g/mol. The third kappa shape index (κ3) is 3.90. The number of hydrogen-bond donors (Lipinski definition) is 0. The Labute approximate surface area is 78.1 Å². The van der Waals surface area contributed by atoms with Crippen LogP contribution in [0.3, 0.4) is 0 Å². The molecule has 0 aliphatic carbocycles. The number of ether oxygens (including phenoxy) is 1. The molecule has 0 amide bonds. The van der Waals surface area contributed by atoms with Crippen molar-refractivity contribution in [3.8, 4) is 0 Å². The Hall–Kier alpha value is -0.313. The van der Waals surface area contributed by atoms with Crippen molar-refractivity contribution in [2.45, 2.75) is 39.7 Å². The van der Waals surface area contributed by atoms with Gasteiger partial charge in [-0.15, -0.1) is 0 Å². The number of rotatable bonds is 5. The van der Waals surface area contributed by atoms with Crippen LogP contribution in [0.25, 0.3) is 0 Å². The smallest absolute Gasteiger partial charge is 0.311 e. The standard InChI is InChI=1S/C9H17O2Si/c1-4-9(2,3)8(10)11-6-5-7-12/h4-7H2,1-3H3. The van der Waals surface area contributed by atoms with Crippen molar-refractivity contribution in [2.24, 2.45) is 5.41 Å². The van der Waals surface area contributed by atoms with Gasteiger partial charge in [0, 0.05) is 10.2 Å². The van der Waals surface area contributed by atoms with Gasteiger partial charge in [-0.1, -0.05) is 13.0 Å². The van der Waals surface area contributed by atoms with Gasteiger partial charge in [-0.05, 0) is 26.7 Å². The molecule has 0 aliphatic rings. The second-order valence-corrected chi connectivity index (χ2v) is 3.98. The highest BCUT2D eigenvalue weighted by molar-refractivity contribution is 6.08. The minimum Gasteiger partial charge on any atom is -0.465 e. The molecule has 0 saturated carbocycles. The van der Waals surface area contributed by atoms with Gasteiger partial charge < -0.3 is 4.74 Å². The fraction of sp³-hybridized carbons (Fsp3) is 0.889. The Balaban J connectivity index is 3.72. The van der Waals surface area contributed by atoms with Crippen molar-refractivity contribution in [3.05, 3.63) is 0 Å². The maximum atomic E-state index is 11.3. The average molecular weight is 185 g/mol. The Morgan fingerprint density at radius 1 is 1.50 bits per heavy atom. The minimum absolute atomic E-state index is 0.0925. The molecule has 0 atom stereocenters. The maximum Gasteiger partial charge on any atom is 0.311 e. The van der Waals surface area contributed by atoms with Gasteiger partial charge in [0.15, 0.2) is 0 Å². The Kier molecular flexibility index (Phi) is 5.21. The van der Waals surface area contributed by atoms with Gasteiger partial charge in [0.1, 0.15) is 0 Å². The summed E-state index contributed by atoms with van der Waals surface area (Å²) in [5.41, 5.74) is -0.328. The molecule has 3 heteroatoms. The molecular formula is C9H17O2Si. The number of esters is 1. The van der Waals surface area contributed by atoms with Crippen molar-refractivity contribution >= 4 is 16.2 Å². The van der Waals surface area contributed by atoms with Gasteiger partial charge in [-0.3, -0.25) is 4.79 Å². The Morgan fingerprint density at radius 3 is 2.50 bits per heavy atom. The summed E-state index contributed by atoms with van der Waals surface area (Å²) in [6.45, 7) is 6.32. The van der Waals surface area contributed by atoms with E-state index in [-0.39, 0.29) is 11.4 Å². The van der Waals surface area contributed by atoms with Crippen molar-refractivity contribution in [1.82, 2.24) is 0 Å². The van der Waals surface area contributed by atoms with Crippen LogP contribution in [0.4, 0.5) is 0 Å². The Morgan fingerprint density at radius 2 is 2.08 bits per heavy atom. The lowest BCUT2D eigenvalue weighted by Gasteiger charge is -2.19. The molecule has 0 aromatic rings. The molecule has 0 spiro atoms. The molecule has 0 fully saturated rings. The second kappa shape index (κ2) is 5.35. The van der Waals surface area contributed by atoms with Crippen LogP contribution in [0.1, 0.15) is 33.6 Å². The molecule has 0 heterocycles. The van der Waals surface area contributed by atoms with Gasteiger partial charge in [0.25, 0.3) is 0 Å². The van der Waals surface area contributed by atoms with Crippen LogP contribution in [0, 0.1) is 5.41 Å². The molecule has 0 unspecified atom stereocenters. The van der Waals surface area contributed by atoms with Crippen LogP contribution < -0.4 is 0 Å². The van der Waals surface area contributed by atoms with Crippen LogP contribution in [-0.4, -0.2) is 22.8 Å². The van der Waals surface area contributed by atoms with Gasteiger partial charge >= 0.3 is 5.97 Å². The van der Waals surface area contributed by atoms with Gasteiger partial charge in [0.05, 0.1) is 12.0 Å². The van der Waals surface area contributed by atoms with Crippen LogP contribution >= 0.6 is 0 Å². The monoisotopic (exact) mass is 185 g/mol. The number of carbonyl (C=O) groups excluding carboxylic acids is 1. The molecule has 0 saturated heterocycles. The molecule has 0 N–H and O–H groups in total. The van der Waals surface area contributed by atoms with Gasteiger partial charge in [-0.25, -0.2) is 0 Å². The number of hydrogen-bond acceptors (Lipinski definition) is 2. The van der Waals surface area contributed by atoms with Crippen molar-refractivity contribution in [2.75, 3.05) is 6.61 Å². The SMILES string of the molecule is CCC(C)(C)C(=O)OCCC[Si]. The van der Waals surface area contributed by atoms with E-state index < -0.39 is 0 Å². The van der Waals surface area contributed by atoms with E-state index in [9.17, 15) is 4.79 Å². The summed E-state index contributed by atoms with van der Waals surface area (Å²) >= 11 is 0. The molecule has 0 aromatic carbocycles. The Bertz CT molecular complexity index is 143. The third-order valence-electron chi connectivity index (χ3n) is 1.99. The van der Waals surface area contributed by atoms with E-state index in [2.05, 4.69) is 10.2 Å². The van der Waals surface area contributed by atoms with E-state index in [1.807, 2.05) is 20.8 Å². The van der Waals surface area contributed by atoms with Crippen LogP contribution in [0.2, 0.25) is 6.04 Å². The highest BCUT2D eigenvalue weighted by atomic mass is 28.1. The summed E-state index contributed by atoms with van der Waals surface area (Å²) in [5, 5.41) is 0. The van der Waals surface area contributed by atoms with E-state index >= 15 is 0 Å². The van der Waals surface area contributed by atoms with E-state index in [0.717, 1.165) is 18.9 Å². The largest absolute Gasteiger partial charge is 0.465 e. The molecule has 0 aromatic heterocycles. The number of carbonyl (C=O) groups is 1. The summed E-state index contributed by atoms with van der Waals surface area (Å²) in [6, 6.07) is 0.875. The maximum absolute atomic E-state index is 11.3. The van der Waals surface area contributed by atoms with E-state index in [0.29, 0.717) is 6.61 Å². The van der Waals surface area contributed by atoms with Crippen LogP contribution in [0.5, 0.6) is 0 Å². The van der Waals surface area contributed by atoms with Gasteiger partial charge in [0.2, 0.25) is 0 Å². The topological polar surface area (TPSA) is 26.3 Å². The van der Waals surface area contributed by atoms with Crippen molar-refractivity contribution in [1.29, 1.82) is 0 Å². The molecule has 12 heavy (non-hydrogen) atoms. The first kappa shape index (κ1) is 11.7. The summed E-state index contributed by atoms with van der Waals surface area (Å²) in [6.07, 6.45) is 1.70. The first-order valence-electron chi connectivity index (χ1n) is 4.36. The summed E-state index contributed by atoms with van der Waals surface area (Å²) in [5.74, 6) is -0.0925. The zero-order chi connectivity index (χ0) is 9.61. The average Bonchev–Trinajstić information content (AvgIpc) is 2.05. The fourth-order valence-corrected chi connectivity index (χ4v) is 0.721. The lowest BCUT2D eigenvalue weighted by atomic mass is 9.91. The van der Waals surface area contributed by atoms with E-state index in [1.165, 1.54) is 0 Å². The summed E-state index contributed by atoms with van der Waals surface area (Å²) in [7, 11) is 3.32. The van der Waals surface area contributed by atoms with Crippen molar-refractivity contribution in [3.63, 3.8) is 0 Å². The minimum atomic E-state index is -0.328. The van der Waals surface area contributed by atoms with E-state index in [4.69, 9.17) is 4.74 Å². The molecule has 3 radical (unpaired) electrons. The predicted molar refractivity (Wildman–Crippen MR) is 50.2 cm³/mol. The lowest BCUT2D eigenvalue weighted by Crippen LogP contribution is -2.26. The zero-order valence-electron chi connectivity index (χ0n) is 8.14. The molecule has 2 nitrogen and oxygen atoms in total. The lowest BCUT2D eigenvalue weighted by molar-refractivity contribution is -0.154. The van der Waals surface area contributed by atoms with Gasteiger partial charge in [-0.2, -0.15) is 0 Å². The highest BCUT2D eigenvalue weighted by Crippen LogP contribution is 2.21. The quantitative estimate of drug-likeness (QED) is 0.372. The zero-order valence-corrected chi connectivity index (χ0v) is 9.14. The van der Waals surface area contributed by atoms with Crippen LogP contribution in [0.15, 0.2) is 0 Å². The van der Waals surface area contributed by atoms with Crippen molar-refractivity contribution < 1.29 is 9.53 Å². The molecule has 0 aliphatic heterocycles. The third-order valence-corrected chi connectivity index (χ3v) is 2.34. The predicted octanol–water partition coefficient (Wildman–Crippen LogP) is 1.94.